The van der Waals surface area contributed by atoms with Crippen molar-refractivity contribution < 1.29 is 18.0 Å². The van der Waals surface area contributed by atoms with E-state index in [-0.39, 0.29) is 22.8 Å². The van der Waals surface area contributed by atoms with E-state index in [0.717, 1.165) is 17.7 Å². The SMILES string of the molecule is O=C(NCc1ccccc1)c1cncc(Nc2ccc(F)c(F)c2F)c1. The van der Waals surface area contributed by atoms with E-state index in [9.17, 15) is 18.0 Å². The van der Waals surface area contributed by atoms with Crippen molar-refractivity contribution in [1.82, 2.24) is 10.3 Å². The molecule has 0 aliphatic carbocycles. The van der Waals surface area contributed by atoms with E-state index in [1.807, 2.05) is 30.3 Å². The van der Waals surface area contributed by atoms with Gasteiger partial charge in [0.25, 0.3) is 5.91 Å². The molecule has 0 saturated carbocycles. The molecule has 2 N–H and O–H groups in total. The monoisotopic (exact) mass is 357 g/mol. The molecular weight excluding hydrogens is 343 g/mol. The number of hydrogen-bond acceptors (Lipinski definition) is 3. The van der Waals surface area contributed by atoms with Gasteiger partial charge < -0.3 is 10.6 Å². The molecule has 0 aliphatic rings. The molecule has 132 valence electrons. The number of amides is 1. The summed E-state index contributed by atoms with van der Waals surface area (Å²) in [4.78, 5) is 16.1. The van der Waals surface area contributed by atoms with Gasteiger partial charge in [0.15, 0.2) is 17.5 Å². The molecular formula is C19H14F3N3O. The number of pyridine rings is 1. The first-order valence-corrected chi connectivity index (χ1v) is 7.72. The molecule has 4 nitrogen and oxygen atoms in total. The van der Waals surface area contributed by atoms with E-state index >= 15 is 0 Å². The van der Waals surface area contributed by atoms with E-state index < -0.39 is 17.5 Å². The summed E-state index contributed by atoms with van der Waals surface area (Å²) in [6, 6.07) is 12.7. The lowest BCUT2D eigenvalue weighted by Crippen LogP contribution is -2.23. The maximum Gasteiger partial charge on any atom is 0.253 e. The molecule has 0 radical (unpaired) electrons. The third-order valence-corrected chi connectivity index (χ3v) is 3.61. The number of carbonyl (C=O) groups is 1. The van der Waals surface area contributed by atoms with Crippen LogP contribution in [0.25, 0.3) is 0 Å². The van der Waals surface area contributed by atoms with Gasteiger partial charge in [-0.2, -0.15) is 0 Å². The van der Waals surface area contributed by atoms with Crippen LogP contribution in [0.4, 0.5) is 24.5 Å². The predicted molar refractivity (Wildman–Crippen MR) is 91.4 cm³/mol. The summed E-state index contributed by atoms with van der Waals surface area (Å²) in [6.07, 6.45) is 2.70. The van der Waals surface area contributed by atoms with Crippen LogP contribution in [0.1, 0.15) is 15.9 Å². The zero-order valence-corrected chi connectivity index (χ0v) is 13.5. The van der Waals surface area contributed by atoms with E-state index in [4.69, 9.17) is 0 Å². The highest BCUT2D eigenvalue weighted by molar-refractivity contribution is 5.94. The summed E-state index contributed by atoms with van der Waals surface area (Å²) in [7, 11) is 0. The minimum absolute atomic E-state index is 0.244. The number of benzene rings is 2. The fraction of sp³-hybridized carbons (Fsp3) is 0.0526. The third-order valence-electron chi connectivity index (χ3n) is 3.61. The summed E-state index contributed by atoms with van der Waals surface area (Å²) in [5.41, 5.74) is 1.19. The summed E-state index contributed by atoms with van der Waals surface area (Å²) >= 11 is 0. The molecule has 1 amide bonds. The van der Waals surface area contributed by atoms with Gasteiger partial charge in [-0.3, -0.25) is 9.78 Å². The van der Waals surface area contributed by atoms with E-state index in [0.29, 0.717) is 6.54 Å². The van der Waals surface area contributed by atoms with Crippen LogP contribution in [-0.2, 0) is 6.54 Å². The molecule has 26 heavy (non-hydrogen) atoms. The number of nitrogens with one attached hydrogen (secondary N) is 2. The molecule has 1 aromatic heterocycles. The Labute approximate surface area is 147 Å². The van der Waals surface area contributed by atoms with E-state index in [2.05, 4.69) is 15.6 Å². The lowest BCUT2D eigenvalue weighted by molar-refractivity contribution is 0.0950. The molecule has 0 spiro atoms. The largest absolute Gasteiger partial charge is 0.352 e. The fourth-order valence-electron chi connectivity index (χ4n) is 2.29. The number of rotatable bonds is 5. The fourth-order valence-corrected chi connectivity index (χ4v) is 2.29. The quantitative estimate of drug-likeness (QED) is 0.674. The summed E-state index contributed by atoms with van der Waals surface area (Å²) in [5, 5.41) is 5.33. The van der Waals surface area contributed by atoms with Crippen LogP contribution >= 0.6 is 0 Å². The lowest BCUT2D eigenvalue weighted by Gasteiger charge is -2.10. The number of carbonyl (C=O) groups excluding carboxylic acids is 1. The van der Waals surface area contributed by atoms with Gasteiger partial charge in [0.2, 0.25) is 0 Å². The van der Waals surface area contributed by atoms with Crippen molar-refractivity contribution in [3.8, 4) is 0 Å². The molecule has 0 bridgehead atoms. The van der Waals surface area contributed by atoms with Crippen LogP contribution in [0.5, 0.6) is 0 Å². The second-order valence-electron chi connectivity index (χ2n) is 5.48. The van der Waals surface area contributed by atoms with Crippen molar-refractivity contribution in [2.24, 2.45) is 0 Å². The minimum atomic E-state index is -1.57. The van der Waals surface area contributed by atoms with E-state index in [1.54, 1.807) is 0 Å². The van der Waals surface area contributed by atoms with Gasteiger partial charge in [-0.15, -0.1) is 0 Å². The highest BCUT2D eigenvalue weighted by atomic mass is 19.2. The molecule has 2 aromatic carbocycles. The van der Waals surface area contributed by atoms with Crippen LogP contribution in [0.15, 0.2) is 60.9 Å². The van der Waals surface area contributed by atoms with Crippen molar-refractivity contribution in [2.75, 3.05) is 5.32 Å². The van der Waals surface area contributed by atoms with Gasteiger partial charge >= 0.3 is 0 Å². The zero-order valence-electron chi connectivity index (χ0n) is 13.5. The van der Waals surface area contributed by atoms with Crippen LogP contribution < -0.4 is 10.6 Å². The highest BCUT2D eigenvalue weighted by Gasteiger charge is 2.14. The summed E-state index contributed by atoms with van der Waals surface area (Å²) in [6.45, 7) is 0.342. The maximum absolute atomic E-state index is 13.7. The topological polar surface area (TPSA) is 54.0 Å². The van der Waals surface area contributed by atoms with Crippen molar-refractivity contribution in [2.45, 2.75) is 6.54 Å². The van der Waals surface area contributed by atoms with Crippen LogP contribution in [0.2, 0.25) is 0 Å². The molecule has 0 saturated heterocycles. The third kappa shape index (κ3) is 4.00. The second-order valence-corrected chi connectivity index (χ2v) is 5.48. The lowest BCUT2D eigenvalue weighted by atomic mass is 10.2. The molecule has 1 heterocycles. The number of halogens is 3. The molecule has 3 aromatic rings. The van der Waals surface area contributed by atoms with Gasteiger partial charge in [0.05, 0.1) is 23.1 Å². The van der Waals surface area contributed by atoms with Crippen LogP contribution in [0.3, 0.4) is 0 Å². The first kappa shape index (κ1) is 17.5. The zero-order chi connectivity index (χ0) is 18.5. The molecule has 0 fully saturated rings. The molecule has 7 heteroatoms. The Morgan fingerprint density at radius 3 is 2.50 bits per heavy atom. The smallest absolute Gasteiger partial charge is 0.253 e. The Morgan fingerprint density at radius 2 is 1.73 bits per heavy atom. The Hall–Kier alpha value is -3.35. The molecule has 0 atom stereocenters. The Bertz CT molecular complexity index is 933. The minimum Gasteiger partial charge on any atom is -0.352 e. The Morgan fingerprint density at radius 1 is 0.962 bits per heavy atom. The van der Waals surface area contributed by atoms with Crippen LogP contribution in [0, 0.1) is 17.5 Å². The van der Waals surface area contributed by atoms with Crippen LogP contribution in [-0.4, -0.2) is 10.9 Å². The van der Waals surface area contributed by atoms with Gasteiger partial charge in [-0.25, -0.2) is 13.2 Å². The second kappa shape index (κ2) is 7.69. The molecule has 0 aliphatic heterocycles. The first-order valence-electron chi connectivity index (χ1n) is 7.72. The highest BCUT2D eigenvalue weighted by Crippen LogP contribution is 2.23. The molecule has 3 rings (SSSR count). The maximum atomic E-state index is 13.7. The number of hydrogen-bond donors (Lipinski definition) is 2. The Kier molecular flexibility index (Phi) is 5.17. The molecule has 0 unspecified atom stereocenters. The normalized spacial score (nSPS) is 10.4. The van der Waals surface area contributed by atoms with Crippen molar-refractivity contribution in [3.05, 3.63) is 89.5 Å². The summed E-state index contributed by atoms with van der Waals surface area (Å²) in [5.74, 6) is -4.56. The Balaban J connectivity index is 1.72. The van der Waals surface area contributed by atoms with Crippen molar-refractivity contribution in [1.29, 1.82) is 0 Å². The predicted octanol–water partition coefficient (Wildman–Crippen LogP) is 4.17. The number of anilines is 2. The number of nitrogens with zero attached hydrogens (tertiary/aromatic N) is 1. The standard InChI is InChI=1S/C19H14F3N3O/c20-15-6-7-16(18(22)17(15)21)25-14-8-13(10-23-11-14)19(26)24-9-12-4-2-1-3-5-12/h1-8,10-11,25H,9H2,(H,24,26). The van der Waals surface area contributed by atoms with Crippen molar-refractivity contribution >= 4 is 17.3 Å². The van der Waals surface area contributed by atoms with Crippen molar-refractivity contribution in [3.63, 3.8) is 0 Å². The van der Waals surface area contributed by atoms with Gasteiger partial charge in [0.1, 0.15) is 0 Å². The van der Waals surface area contributed by atoms with E-state index in [1.165, 1.54) is 18.5 Å². The van der Waals surface area contributed by atoms with Gasteiger partial charge in [-0.05, 0) is 23.8 Å². The van der Waals surface area contributed by atoms with Gasteiger partial charge in [0, 0.05) is 12.7 Å². The average molecular weight is 357 g/mol. The van der Waals surface area contributed by atoms with Gasteiger partial charge in [-0.1, -0.05) is 30.3 Å². The number of aromatic nitrogens is 1. The average Bonchev–Trinajstić information content (AvgIpc) is 2.67. The first-order chi connectivity index (χ1) is 12.5. The summed E-state index contributed by atoms with van der Waals surface area (Å²) < 4.78 is 40.0.